The summed E-state index contributed by atoms with van der Waals surface area (Å²) in [5.74, 6) is 0. The van der Waals surface area contributed by atoms with Crippen LogP contribution in [-0.4, -0.2) is 85.6 Å². The molecular weight excluding hydrogens is 580 g/mol. The van der Waals surface area contributed by atoms with Crippen LogP contribution < -0.4 is 48.6 Å². The average molecular weight is 647 g/mol. The number of rotatable bonds is 10. The van der Waals surface area contributed by atoms with Crippen molar-refractivity contribution in [3.05, 3.63) is 81.6 Å². The van der Waals surface area contributed by atoms with E-state index in [9.17, 15) is 0 Å². The third-order valence-electron chi connectivity index (χ3n) is 5.05. The molecule has 6 nitrogen and oxygen atoms in total. The average Bonchev–Trinajstić information content (AvgIpc) is 2.88. The van der Waals surface area contributed by atoms with Crippen LogP contribution in [0, 0.1) is 0 Å². The Hall–Kier alpha value is 0.291. The van der Waals surface area contributed by atoms with Crippen molar-refractivity contribution in [2.45, 2.75) is 133 Å². The summed E-state index contributed by atoms with van der Waals surface area (Å²) in [5.41, 5.74) is 2.03. The second-order valence-corrected chi connectivity index (χ2v) is 14.3. The predicted molar refractivity (Wildman–Crippen MR) is 206 cm³/mol. The molecule has 0 fully saturated rings. The van der Waals surface area contributed by atoms with Gasteiger partial charge in [0.15, 0.2) is 0 Å². The van der Waals surface area contributed by atoms with Crippen molar-refractivity contribution in [3.63, 3.8) is 0 Å². The maximum absolute atomic E-state index is 4.83. The van der Waals surface area contributed by atoms with Crippen molar-refractivity contribution in [1.82, 2.24) is 0 Å². The van der Waals surface area contributed by atoms with Crippen molar-refractivity contribution in [2.24, 2.45) is 0 Å². The first-order valence-electron chi connectivity index (χ1n) is 16.3. The van der Waals surface area contributed by atoms with Gasteiger partial charge in [0, 0.05) is 26.4 Å². The molecule has 0 saturated heterocycles. The van der Waals surface area contributed by atoms with Gasteiger partial charge in [-0.1, -0.05) is 158 Å². The van der Waals surface area contributed by atoms with E-state index in [0.29, 0.717) is 0 Å². The third kappa shape index (κ3) is 38.9. The third-order valence-corrected chi connectivity index (χ3v) is 5.05. The molecule has 0 aliphatic heterocycles. The molecule has 252 valence electrons. The molecule has 0 spiro atoms. The quantitative estimate of drug-likeness (QED) is 0.372. The molecule has 0 aliphatic rings. The van der Waals surface area contributed by atoms with E-state index in [4.69, 9.17) is 30.4 Å². The Bertz CT molecular complexity index is 825. The second kappa shape index (κ2) is 30.0. The summed E-state index contributed by atoms with van der Waals surface area (Å²) in [5, 5.41) is 19.2. The van der Waals surface area contributed by atoms with Gasteiger partial charge in [-0.2, -0.15) is 0 Å². The molecule has 0 atom stereocenters. The van der Waals surface area contributed by atoms with Crippen molar-refractivity contribution in [3.8, 4) is 0 Å². The van der Waals surface area contributed by atoms with Crippen LogP contribution in [0.1, 0.15) is 111 Å². The Labute approximate surface area is 333 Å². The van der Waals surface area contributed by atoms with Crippen molar-refractivity contribution < 1.29 is 47.2 Å². The van der Waals surface area contributed by atoms with Crippen LogP contribution in [0.15, 0.2) is 60.7 Å². The normalized spacial score (nSPS) is 10.9. The fraction of sp³-hybridized carbons (Fsp3) is 0.667. The first-order chi connectivity index (χ1) is 20.2. The predicted octanol–water partition coefficient (Wildman–Crippen LogP) is 3.17. The molecule has 0 aromatic heterocycles. The van der Waals surface area contributed by atoms with Gasteiger partial charge in [0.1, 0.15) is 0 Å². The molecule has 0 radical (unpaired) electrons. The minimum Gasteiger partial charge on any atom is -0.695 e. The van der Waals surface area contributed by atoms with Crippen LogP contribution >= 0.6 is 0 Å². The number of nitrogens with zero attached hydrogens (tertiary/aromatic N) is 4. The van der Waals surface area contributed by atoms with Crippen molar-refractivity contribution in [1.29, 1.82) is 0 Å². The van der Waals surface area contributed by atoms with Gasteiger partial charge >= 0.3 is 60.8 Å². The Morgan fingerprint density at radius 1 is 0.426 bits per heavy atom. The van der Waals surface area contributed by atoms with Gasteiger partial charge in [0.2, 0.25) is 0 Å². The van der Waals surface area contributed by atoms with Gasteiger partial charge in [-0.3, -0.25) is 0 Å². The van der Waals surface area contributed by atoms with Gasteiger partial charge < -0.3 is 30.4 Å². The molecule has 0 heterocycles. The summed E-state index contributed by atoms with van der Waals surface area (Å²) in [6.45, 7) is 36.5. The van der Waals surface area contributed by atoms with E-state index in [-0.39, 0.29) is 96.9 Å². The van der Waals surface area contributed by atoms with E-state index in [1.807, 2.05) is 64.1 Å². The Kier molecular flexibility index (Phi) is 36.1. The molecule has 0 amide bonds. The van der Waals surface area contributed by atoms with E-state index in [1.54, 1.807) is 0 Å². The Balaban J connectivity index is -0.000000185. The first-order valence-corrected chi connectivity index (χ1v) is 16.3. The van der Waals surface area contributed by atoms with Crippen LogP contribution in [0.4, 0.5) is 0 Å². The maximum atomic E-state index is 4.83. The summed E-state index contributed by atoms with van der Waals surface area (Å²) in [6.07, 6.45) is 0. The molecule has 0 bridgehead atoms. The zero-order valence-electron chi connectivity index (χ0n) is 34.1. The number of hydrogen-bond acceptors (Lipinski definition) is 2. The van der Waals surface area contributed by atoms with E-state index >= 15 is 0 Å². The van der Waals surface area contributed by atoms with Crippen molar-refractivity contribution >= 4 is 47.9 Å². The standard InChI is InChI=1S/2C14H23BN2.2C4H10O.2Li.Mg/c2*1-13(2,3)16-15(17-14(4,5)6)12-10-8-7-9-11-12;2*1-3-5-4-2;;;/h2*7-11H,1-6H3;2*3-4H2,1-2H3;;;/q2*-2;;;2*+1;+2. The molecule has 0 N–H and O–H groups in total. The molecule has 0 saturated carbocycles. The topological polar surface area (TPSA) is 74.9 Å². The Morgan fingerprint density at radius 3 is 0.745 bits per heavy atom. The van der Waals surface area contributed by atoms with E-state index in [2.05, 4.69) is 107 Å². The number of benzene rings is 2. The van der Waals surface area contributed by atoms with Crippen LogP contribution in [0.2, 0.25) is 0 Å². The molecule has 2 aromatic carbocycles. The van der Waals surface area contributed by atoms with Gasteiger partial charge in [0.25, 0.3) is 0 Å². The molecular formula is C36H66B2Li2MgN4O2. The van der Waals surface area contributed by atoms with E-state index in [0.717, 1.165) is 37.4 Å². The fourth-order valence-corrected chi connectivity index (χ4v) is 3.48. The molecule has 2 aromatic rings. The molecule has 47 heavy (non-hydrogen) atoms. The van der Waals surface area contributed by atoms with Crippen LogP contribution in [0.5, 0.6) is 0 Å². The van der Waals surface area contributed by atoms with Crippen LogP contribution in [0.25, 0.3) is 20.9 Å². The van der Waals surface area contributed by atoms with Gasteiger partial charge in [-0.15, -0.1) is 33.1 Å². The van der Waals surface area contributed by atoms with Crippen LogP contribution in [0.3, 0.4) is 0 Å². The smallest absolute Gasteiger partial charge is 0.695 e. The first kappa shape index (κ1) is 56.7. The minimum atomic E-state index is -0.0741. The van der Waals surface area contributed by atoms with Gasteiger partial charge in [-0.25, -0.2) is 0 Å². The maximum Gasteiger partial charge on any atom is 2.00 e. The summed E-state index contributed by atoms with van der Waals surface area (Å²) >= 11 is 0. The second-order valence-electron chi connectivity index (χ2n) is 14.3. The molecule has 0 unspecified atom stereocenters. The van der Waals surface area contributed by atoms with Crippen molar-refractivity contribution in [2.75, 3.05) is 26.4 Å². The zero-order chi connectivity index (χ0) is 34.5. The monoisotopic (exact) mass is 647 g/mol. The summed E-state index contributed by atoms with van der Waals surface area (Å²) < 4.78 is 9.67. The van der Waals surface area contributed by atoms with Gasteiger partial charge in [-0.05, 0) is 27.7 Å². The zero-order valence-corrected chi connectivity index (χ0v) is 35.5. The Morgan fingerprint density at radius 2 is 0.617 bits per heavy atom. The largest absolute Gasteiger partial charge is 2.00 e. The van der Waals surface area contributed by atoms with E-state index < -0.39 is 0 Å². The summed E-state index contributed by atoms with van der Waals surface area (Å²) in [4.78, 5) is 0. The molecule has 0 aliphatic carbocycles. The minimum absolute atomic E-state index is 0. The molecule has 11 heteroatoms. The van der Waals surface area contributed by atoms with Gasteiger partial charge in [0.05, 0.1) is 0 Å². The number of hydrogen-bond donors (Lipinski definition) is 0. The number of ether oxygens (including phenoxy) is 2. The van der Waals surface area contributed by atoms with E-state index in [1.165, 1.54) is 0 Å². The summed E-state index contributed by atoms with van der Waals surface area (Å²) in [7, 11) is 0. The van der Waals surface area contributed by atoms with Crippen LogP contribution in [-0.2, 0) is 9.47 Å². The SMILES string of the molecule is CC(C)(C)[N-]B([N-]C(C)(C)C)c1ccccc1.CC(C)(C)[N-]B([N-]C(C)(C)C)c1ccccc1.CCOCC.CCOCC.[Li+].[Li+].[Mg+2]. The molecule has 2 rings (SSSR count). The fourth-order valence-electron chi connectivity index (χ4n) is 3.48. The summed E-state index contributed by atoms with van der Waals surface area (Å²) in [6, 6.07) is 20.6.